The van der Waals surface area contributed by atoms with Crippen molar-refractivity contribution in [3.63, 3.8) is 0 Å². The monoisotopic (exact) mass is 399 g/mol. The molecular formula is C17H13BrF3NO2. The van der Waals surface area contributed by atoms with Gasteiger partial charge in [-0.15, -0.1) is 0 Å². The van der Waals surface area contributed by atoms with E-state index < -0.39 is 11.7 Å². The number of benzene rings is 2. The molecule has 0 spiro atoms. The highest BCUT2D eigenvalue weighted by atomic mass is 79.9. The lowest BCUT2D eigenvalue weighted by atomic mass is 10.1. The van der Waals surface area contributed by atoms with Crippen LogP contribution in [0.2, 0.25) is 0 Å². The van der Waals surface area contributed by atoms with Crippen molar-refractivity contribution in [1.82, 2.24) is 0 Å². The van der Waals surface area contributed by atoms with E-state index in [9.17, 15) is 18.0 Å². The fraction of sp³-hybridized carbons (Fsp3) is 0.235. The third-order valence-corrected chi connectivity index (χ3v) is 4.23. The molecular weight excluding hydrogens is 387 g/mol. The van der Waals surface area contributed by atoms with Gasteiger partial charge in [0, 0.05) is 15.7 Å². The van der Waals surface area contributed by atoms with Gasteiger partial charge >= 0.3 is 6.18 Å². The Morgan fingerprint density at radius 3 is 2.46 bits per heavy atom. The van der Waals surface area contributed by atoms with Crippen molar-refractivity contribution in [3.05, 3.63) is 63.6 Å². The van der Waals surface area contributed by atoms with E-state index in [1.165, 1.54) is 17.0 Å². The number of rotatable bonds is 2. The van der Waals surface area contributed by atoms with Crippen LogP contribution in [0.3, 0.4) is 0 Å². The molecule has 1 aliphatic heterocycles. The number of carbonyl (C=O) groups excluding carboxylic acids is 1. The molecule has 0 unspecified atom stereocenters. The fourth-order valence-corrected chi connectivity index (χ4v) is 2.96. The summed E-state index contributed by atoms with van der Waals surface area (Å²) in [5.41, 5.74) is 1.47. The zero-order valence-electron chi connectivity index (χ0n) is 12.4. The molecule has 1 amide bonds. The molecule has 24 heavy (non-hydrogen) atoms. The number of halogens is 4. The van der Waals surface area contributed by atoms with E-state index in [1.54, 1.807) is 6.07 Å². The second-order valence-corrected chi connectivity index (χ2v) is 6.36. The number of hydrogen-bond acceptors (Lipinski definition) is 2. The van der Waals surface area contributed by atoms with Gasteiger partial charge in [0.15, 0.2) is 0 Å². The summed E-state index contributed by atoms with van der Waals surface area (Å²) >= 11 is 3.38. The number of alkyl halides is 3. The molecule has 0 radical (unpaired) electrons. The maximum atomic E-state index is 12.6. The topological polar surface area (TPSA) is 29.5 Å². The minimum atomic E-state index is -4.37. The molecule has 7 heteroatoms. The van der Waals surface area contributed by atoms with Gasteiger partial charge in [-0.25, -0.2) is 0 Å². The van der Waals surface area contributed by atoms with Crippen LogP contribution in [0.15, 0.2) is 46.9 Å². The smallest absolute Gasteiger partial charge is 0.367 e. The normalized spacial score (nSPS) is 15.2. The Kier molecular flexibility index (Phi) is 4.64. The molecule has 0 saturated heterocycles. The highest BCUT2D eigenvalue weighted by molar-refractivity contribution is 9.10. The summed E-state index contributed by atoms with van der Waals surface area (Å²) in [5.74, 6) is -0.226. The van der Waals surface area contributed by atoms with Crippen molar-refractivity contribution in [3.8, 4) is 0 Å². The molecule has 3 nitrogen and oxygen atoms in total. The molecule has 2 aromatic rings. The first-order valence-electron chi connectivity index (χ1n) is 7.17. The van der Waals surface area contributed by atoms with Gasteiger partial charge in [0.05, 0.1) is 18.7 Å². The maximum Gasteiger partial charge on any atom is 0.416 e. The Hall–Kier alpha value is -1.86. The molecule has 0 aliphatic carbocycles. The van der Waals surface area contributed by atoms with Crippen LogP contribution in [0.1, 0.15) is 16.7 Å². The predicted molar refractivity (Wildman–Crippen MR) is 86.4 cm³/mol. The Labute approximate surface area is 145 Å². The maximum absolute atomic E-state index is 12.6. The summed E-state index contributed by atoms with van der Waals surface area (Å²) in [5, 5.41) is 0. The highest BCUT2D eigenvalue weighted by Crippen LogP contribution is 2.31. The van der Waals surface area contributed by atoms with Crippen molar-refractivity contribution >= 4 is 27.5 Å². The van der Waals surface area contributed by atoms with E-state index in [4.69, 9.17) is 4.74 Å². The minimum Gasteiger partial charge on any atom is -0.367 e. The lowest BCUT2D eigenvalue weighted by Crippen LogP contribution is -2.32. The summed E-state index contributed by atoms with van der Waals surface area (Å²) in [6.07, 6.45) is -4.37. The molecule has 1 heterocycles. The van der Waals surface area contributed by atoms with Gasteiger partial charge in [0.2, 0.25) is 0 Å². The summed E-state index contributed by atoms with van der Waals surface area (Å²) in [6.45, 7) is 0.436. The molecule has 2 aromatic carbocycles. The van der Waals surface area contributed by atoms with Crippen LogP contribution >= 0.6 is 15.9 Å². The summed E-state index contributed by atoms with van der Waals surface area (Å²) in [6, 6.07) is 10.3. The zero-order valence-corrected chi connectivity index (χ0v) is 14.0. The van der Waals surface area contributed by atoms with E-state index >= 15 is 0 Å². The Morgan fingerprint density at radius 2 is 1.79 bits per heavy atom. The van der Waals surface area contributed by atoms with E-state index in [-0.39, 0.29) is 19.1 Å². The minimum absolute atomic E-state index is 0.0626. The molecule has 126 valence electrons. The van der Waals surface area contributed by atoms with Crippen molar-refractivity contribution in [2.45, 2.75) is 19.3 Å². The first kappa shape index (κ1) is 17.0. The van der Waals surface area contributed by atoms with Crippen molar-refractivity contribution < 1.29 is 22.7 Å². The largest absolute Gasteiger partial charge is 0.416 e. The summed E-state index contributed by atoms with van der Waals surface area (Å²) < 4.78 is 44.2. The first-order chi connectivity index (χ1) is 11.3. The van der Waals surface area contributed by atoms with E-state index in [2.05, 4.69) is 15.9 Å². The van der Waals surface area contributed by atoms with Gasteiger partial charge in [0.1, 0.15) is 6.61 Å². The van der Waals surface area contributed by atoms with Crippen LogP contribution in [-0.4, -0.2) is 12.5 Å². The quantitative estimate of drug-likeness (QED) is 0.742. The highest BCUT2D eigenvalue weighted by Gasteiger charge is 2.30. The number of carbonyl (C=O) groups is 1. The summed E-state index contributed by atoms with van der Waals surface area (Å²) in [7, 11) is 0. The van der Waals surface area contributed by atoms with Crippen LogP contribution in [0.4, 0.5) is 18.9 Å². The average Bonchev–Trinajstić information content (AvgIpc) is 2.66. The Bertz CT molecular complexity index is 759. The lowest BCUT2D eigenvalue weighted by Gasteiger charge is -2.23. The van der Waals surface area contributed by atoms with Crippen LogP contribution < -0.4 is 4.90 Å². The lowest BCUT2D eigenvalue weighted by molar-refractivity contribution is -0.137. The van der Waals surface area contributed by atoms with Gasteiger partial charge in [-0.3, -0.25) is 4.79 Å². The van der Waals surface area contributed by atoms with Crippen LogP contribution in [0.25, 0.3) is 0 Å². The van der Waals surface area contributed by atoms with Gasteiger partial charge in [-0.1, -0.05) is 28.1 Å². The average molecular weight is 400 g/mol. The van der Waals surface area contributed by atoms with Gasteiger partial charge in [-0.2, -0.15) is 13.2 Å². The van der Waals surface area contributed by atoms with Crippen molar-refractivity contribution in [2.75, 3.05) is 11.5 Å². The molecule has 0 saturated carbocycles. The second kappa shape index (κ2) is 6.57. The number of hydrogen-bond donors (Lipinski definition) is 0. The Balaban J connectivity index is 1.89. The van der Waals surface area contributed by atoms with E-state index in [0.717, 1.165) is 22.2 Å². The predicted octanol–water partition coefficient (Wildman–Crippen LogP) is 4.53. The van der Waals surface area contributed by atoms with Crippen LogP contribution in [-0.2, 0) is 28.9 Å². The van der Waals surface area contributed by atoms with Crippen LogP contribution in [0, 0.1) is 0 Å². The number of ether oxygens (including phenoxy) is 1. The van der Waals surface area contributed by atoms with E-state index in [1.807, 2.05) is 12.1 Å². The fourth-order valence-electron chi connectivity index (χ4n) is 2.55. The molecule has 0 N–H and O–H groups in total. The molecule has 0 aromatic heterocycles. The number of amides is 1. The molecule has 0 bridgehead atoms. The number of fused-ring (bicyclic) bond motifs is 1. The second-order valence-electron chi connectivity index (χ2n) is 5.44. The van der Waals surface area contributed by atoms with Gasteiger partial charge in [0.25, 0.3) is 5.91 Å². The van der Waals surface area contributed by atoms with E-state index in [0.29, 0.717) is 17.9 Å². The summed E-state index contributed by atoms with van der Waals surface area (Å²) in [4.78, 5) is 13.8. The molecule has 3 rings (SSSR count). The standard InChI is InChI=1S/C17H13BrF3NO2/c18-14-5-6-15-12(7-14)9-24-10-16(23)22(15)8-11-1-3-13(4-2-11)17(19,20)21/h1-7H,8-10H2. The SMILES string of the molecule is O=C1COCc2cc(Br)ccc2N1Cc1ccc(C(F)(F)F)cc1. The third-order valence-electron chi connectivity index (χ3n) is 3.74. The Morgan fingerprint density at radius 1 is 1.08 bits per heavy atom. The molecule has 0 fully saturated rings. The van der Waals surface area contributed by atoms with Crippen LogP contribution in [0.5, 0.6) is 0 Å². The molecule has 0 atom stereocenters. The molecule has 1 aliphatic rings. The third kappa shape index (κ3) is 3.62. The van der Waals surface area contributed by atoms with Crippen molar-refractivity contribution in [1.29, 1.82) is 0 Å². The first-order valence-corrected chi connectivity index (χ1v) is 7.96. The van der Waals surface area contributed by atoms with Gasteiger partial charge in [-0.05, 0) is 35.9 Å². The van der Waals surface area contributed by atoms with Gasteiger partial charge < -0.3 is 9.64 Å². The number of anilines is 1. The van der Waals surface area contributed by atoms with Crippen molar-refractivity contribution in [2.24, 2.45) is 0 Å². The number of nitrogens with zero attached hydrogens (tertiary/aromatic N) is 1. The zero-order chi connectivity index (χ0) is 17.3.